The second-order valence-corrected chi connectivity index (χ2v) is 5.89. The summed E-state index contributed by atoms with van der Waals surface area (Å²) in [5, 5.41) is 10.9. The van der Waals surface area contributed by atoms with Gasteiger partial charge < -0.3 is 10.0 Å². The number of ketones is 1. The Hall–Kier alpha value is -1.69. The van der Waals surface area contributed by atoms with Crippen LogP contribution in [0.2, 0.25) is 0 Å². The zero-order valence-electron chi connectivity index (χ0n) is 11.2. The van der Waals surface area contributed by atoms with Gasteiger partial charge in [0.1, 0.15) is 6.04 Å². The van der Waals surface area contributed by atoms with Gasteiger partial charge in [0.15, 0.2) is 5.78 Å². The summed E-state index contributed by atoms with van der Waals surface area (Å²) in [6.45, 7) is 1.51. The van der Waals surface area contributed by atoms with E-state index in [1.807, 2.05) is 5.38 Å². The summed E-state index contributed by atoms with van der Waals surface area (Å²) in [6.07, 6.45) is 1.91. The van der Waals surface area contributed by atoms with Crippen molar-refractivity contribution in [3.05, 3.63) is 22.4 Å². The summed E-state index contributed by atoms with van der Waals surface area (Å²) < 4.78 is 0. The lowest BCUT2D eigenvalue weighted by Gasteiger charge is -2.26. The molecule has 0 aliphatic heterocycles. The minimum absolute atomic E-state index is 0.0328. The number of carbonyl (C=O) groups excluding carboxylic acids is 2. The fourth-order valence-electron chi connectivity index (χ4n) is 2.12. The SMILES string of the molecule is CC(C(=O)O)N(C(=O)CCC(=O)c1cccs1)C1CC1. The van der Waals surface area contributed by atoms with Crippen LogP contribution in [-0.2, 0) is 9.59 Å². The van der Waals surface area contributed by atoms with E-state index in [1.54, 1.807) is 12.1 Å². The number of nitrogens with zero attached hydrogens (tertiary/aromatic N) is 1. The Morgan fingerprint density at radius 2 is 2.10 bits per heavy atom. The maximum Gasteiger partial charge on any atom is 0.326 e. The fraction of sp³-hybridized carbons (Fsp3) is 0.500. The molecule has 1 fully saturated rings. The maximum atomic E-state index is 12.2. The first-order valence-corrected chi connectivity index (χ1v) is 7.49. The standard InChI is InChI=1S/C14H17NO4S/c1-9(14(18)19)15(10-4-5-10)13(17)7-6-11(16)12-3-2-8-20-12/h2-3,8-10H,4-7H2,1H3,(H,18,19). The molecule has 1 saturated carbocycles. The van der Waals surface area contributed by atoms with Crippen molar-refractivity contribution in [1.82, 2.24) is 4.90 Å². The highest BCUT2D eigenvalue weighted by molar-refractivity contribution is 7.12. The maximum absolute atomic E-state index is 12.2. The molecular formula is C14H17NO4S. The van der Waals surface area contributed by atoms with Crippen molar-refractivity contribution in [3.63, 3.8) is 0 Å². The summed E-state index contributed by atoms with van der Waals surface area (Å²) >= 11 is 1.35. The Labute approximate surface area is 121 Å². The van der Waals surface area contributed by atoms with E-state index in [4.69, 9.17) is 5.11 Å². The molecule has 1 heterocycles. The van der Waals surface area contributed by atoms with E-state index in [9.17, 15) is 14.4 Å². The van der Waals surface area contributed by atoms with Gasteiger partial charge in [-0.15, -0.1) is 11.3 Å². The average molecular weight is 295 g/mol. The van der Waals surface area contributed by atoms with Crippen molar-refractivity contribution >= 4 is 29.0 Å². The molecule has 0 radical (unpaired) electrons. The Bertz CT molecular complexity index is 507. The molecule has 0 aromatic carbocycles. The van der Waals surface area contributed by atoms with E-state index < -0.39 is 12.0 Å². The minimum atomic E-state index is -1.00. The number of rotatable bonds is 7. The minimum Gasteiger partial charge on any atom is -0.480 e. The van der Waals surface area contributed by atoms with Crippen LogP contribution in [-0.4, -0.2) is 39.7 Å². The van der Waals surface area contributed by atoms with Gasteiger partial charge in [0.05, 0.1) is 4.88 Å². The number of amides is 1. The predicted molar refractivity (Wildman–Crippen MR) is 74.8 cm³/mol. The lowest BCUT2D eigenvalue weighted by molar-refractivity contribution is -0.150. The lowest BCUT2D eigenvalue weighted by atomic mass is 10.1. The van der Waals surface area contributed by atoms with Gasteiger partial charge in [-0.05, 0) is 31.2 Å². The lowest BCUT2D eigenvalue weighted by Crippen LogP contribution is -2.44. The zero-order valence-corrected chi connectivity index (χ0v) is 12.1. The summed E-state index contributed by atoms with van der Waals surface area (Å²) in [6, 6.07) is 2.73. The van der Waals surface area contributed by atoms with E-state index in [0.29, 0.717) is 4.88 Å². The quantitative estimate of drug-likeness (QED) is 0.782. The summed E-state index contributed by atoms with van der Waals surface area (Å²) in [5.41, 5.74) is 0. The fourth-order valence-corrected chi connectivity index (χ4v) is 2.81. The Balaban J connectivity index is 1.92. The Kier molecular flexibility index (Phi) is 4.54. The highest BCUT2D eigenvalue weighted by Crippen LogP contribution is 2.29. The van der Waals surface area contributed by atoms with Crippen LogP contribution in [0.15, 0.2) is 17.5 Å². The second-order valence-electron chi connectivity index (χ2n) is 4.95. The van der Waals surface area contributed by atoms with Crippen LogP contribution >= 0.6 is 11.3 Å². The number of thiophene rings is 1. The molecule has 1 unspecified atom stereocenters. The molecule has 0 spiro atoms. The van der Waals surface area contributed by atoms with Crippen molar-refractivity contribution in [2.45, 2.75) is 44.7 Å². The molecule has 20 heavy (non-hydrogen) atoms. The first-order valence-electron chi connectivity index (χ1n) is 6.61. The summed E-state index contributed by atoms with van der Waals surface area (Å²) in [4.78, 5) is 37.1. The highest BCUT2D eigenvalue weighted by Gasteiger charge is 2.38. The third-order valence-electron chi connectivity index (χ3n) is 3.36. The number of carboxylic acids is 1. The number of carbonyl (C=O) groups is 3. The van der Waals surface area contributed by atoms with Gasteiger partial charge in [0.2, 0.25) is 5.91 Å². The Morgan fingerprint density at radius 1 is 1.40 bits per heavy atom. The summed E-state index contributed by atoms with van der Waals surface area (Å²) in [7, 11) is 0. The van der Waals surface area contributed by atoms with E-state index >= 15 is 0 Å². The number of aliphatic carboxylic acids is 1. The molecule has 5 nitrogen and oxygen atoms in total. The number of hydrogen-bond acceptors (Lipinski definition) is 4. The molecule has 6 heteroatoms. The topological polar surface area (TPSA) is 74.7 Å². The molecule has 2 rings (SSSR count). The molecule has 1 aliphatic rings. The molecule has 0 saturated heterocycles. The van der Waals surface area contributed by atoms with Gasteiger partial charge in [0, 0.05) is 18.9 Å². The number of hydrogen-bond donors (Lipinski definition) is 1. The van der Waals surface area contributed by atoms with Crippen LogP contribution in [0, 0.1) is 0 Å². The van der Waals surface area contributed by atoms with Crippen molar-refractivity contribution in [2.24, 2.45) is 0 Å². The third kappa shape index (κ3) is 3.45. The monoisotopic (exact) mass is 295 g/mol. The van der Waals surface area contributed by atoms with Crippen LogP contribution in [0.1, 0.15) is 42.3 Å². The first-order chi connectivity index (χ1) is 9.50. The third-order valence-corrected chi connectivity index (χ3v) is 4.28. The predicted octanol–water partition coefficient (Wildman–Crippen LogP) is 2.18. The molecule has 1 amide bonds. The molecule has 1 atom stereocenters. The summed E-state index contributed by atoms with van der Waals surface area (Å²) in [5.74, 6) is -1.31. The first kappa shape index (κ1) is 14.7. The van der Waals surface area contributed by atoms with Crippen molar-refractivity contribution < 1.29 is 19.5 Å². The zero-order chi connectivity index (χ0) is 14.7. The van der Waals surface area contributed by atoms with Gasteiger partial charge in [-0.3, -0.25) is 9.59 Å². The van der Waals surface area contributed by atoms with Gasteiger partial charge in [-0.25, -0.2) is 4.79 Å². The van der Waals surface area contributed by atoms with Crippen LogP contribution in [0.25, 0.3) is 0 Å². The molecule has 108 valence electrons. The van der Waals surface area contributed by atoms with Gasteiger partial charge in [0.25, 0.3) is 0 Å². The molecule has 1 N–H and O–H groups in total. The van der Waals surface area contributed by atoms with Crippen LogP contribution in [0.3, 0.4) is 0 Å². The van der Waals surface area contributed by atoms with E-state index in [-0.39, 0.29) is 30.6 Å². The number of carboxylic acid groups (broad SMARTS) is 1. The second kappa shape index (κ2) is 6.17. The molecule has 1 aromatic heterocycles. The van der Waals surface area contributed by atoms with E-state index in [2.05, 4.69) is 0 Å². The normalized spacial score (nSPS) is 15.7. The van der Waals surface area contributed by atoms with Crippen molar-refractivity contribution in [3.8, 4) is 0 Å². The van der Waals surface area contributed by atoms with Crippen molar-refractivity contribution in [1.29, 1.82) is 0 Å². The van der Waals surface area contributed by atoms with Gasteiger partial charge >= 0.3 is 5.97 Å². The molecule has 0 bridgehead atoms. The molecule has 1 aromatic rings. The van der Waals surface area contributed by atoms with Crippen LogP contribution in [0.4, 0.5) is 0 Å². The van der Waals surface area contributed by atoms with Crippen molar-refractivity contribution in [2.75, 3.05) is 0 Å². The van der Waals surface area contributed by atoms with Gasteiger partial charge in [-0.2, -0.15) is 0 Å². The van der Waals surface area contributed by atoms with Crippen LogP contribution < -0.4 is 0 Å². The van der Waals surface area contributed by atoms with E-state index in [1.165, 1.54) is 23.2 Å². The van der Waals surface area contributed by atoms with E-state index in [0.717, 1.165) is 12.8 Å². The van der Waals surface area contributed by atoms with Crippen LogP contribution in [0.5, 0.6) is 0 Å². The smallest absolute Gasteiger partial charge is 0.326 e. The molecule has 1 aliphatic carbocycles. The molecular weight excluding hydrogens is 278 g/mol. The highest BCUT2D eigenvalue weighted by atomic mass is 32.1. The van der Waals surface area contributed by atoms with Gasteiger partial charge in [-0.1, -0.05) is 6.07 Å². The average Bonchev–Trinajstić information content (AvgIpc) is 3.08. The number of Topliss-reactive ketones (excluding diaryl/α,β-unsaturated/α-hetero) is 1. The largest absolute Gasteiger partial charge is 0.480 e. The Morgan fingerprint density at radius 3 is 2.60 bits per heavy atom.